The molecular weight excluding hydrogens is 233 g/mol. The molecule has 1 aromatic carbocycles. The number of nitrogens with zero attached hydrogens (tertiary/aromatic N) is 2. The number of carbonyl (C=O) groups excluding carboxylic acids is 1. The highest BCUT2D eigenvalue weighted by atomic mass is 35.5. The van der Waals surface area contributed by atoms with E-state index in [0.717, 1.165) is 6.07 Å². The highest BCUT2D eigenvalue weighted by Gasteiger charge is 2.06. The minimum Gasteiger partial charge on any atom is -0.307 e. The zero-order valence-electron chi connectivity index (χ0n) is 8.02. The van der Waals surface area contributed by atoms with Crippen molar-refractivity contribution >= 4 is 23.3 Å². The van der Waals surface area contributed by atoms with E-state index in [1.165, 1.54) is 35.4 Å². The van der Waals surface area contributed by atoms with Gasteiger partial charge in [-0.25, -0.2) is 14.2 Å². The van der Waals surface area contributed by atoms with Crippen LogP contribution in [0.3, 0.4) is 0 Å². The second-order valence-electron chi connectivity index (χ2n) is 3.03. The van der Waals surface area contributed by atoms with Crippen LogP contribution in [0.2, 0.25) is 5.02 Å². The van der Waals surface area contributed by atoms with Crippen molar-refractivity contribution in [1.29, 1.82) is 0 Å². The Morgan fingerprint density at radius 2 is 2.31 bits per heavy atom. The van der Waals surface area contributed by atoms with Crippen molar-refractivity contribution < 1.29 is 9.18 Å². The monoisotopic (exact) mass is 239 g/mol. The molecule has 0 saturated heterocycles. The topological polar surface area (TPSA) is 46.9 Å². The Hall–Kier alpha value is -1.88. The van der Waals surface area contributed by atoms with E-state index in [1.807, 2.05) is 0 Å². The summed E-state index contributed by atoms with van der Waals surface area (Å²) in [6.45, 7) is 0. The third-order valence-electron chi connectivity index (χ3n) is 1.91. The Labute approximate surface area is 95.7 Å². The Bertz CT molecular complexity index is 513. The Balaban J connectivity index is 2.15. The minimum absolute atomic E-state index is 0.0145. The van der Waals surface area contributed by atoms with Crippen molar-refractivity contribution in [3.8, 4) is 0 Å². The maximum Gasteiger partial charge on any atom is 0.331 e. The van der Waals surface area contributed by atoms with Gasteiger partial charge >= 0.3 is 6.03 Å². The molecule has 6 heteroatoms. The maximum absolute atomic E-state index is 13.1. The van der Waals surface area contributed by atoms with E-state index < -0.39 is 11.8 Å². The van der Waals surface area contributed by atoms with Crippen LogP contribution in [0, 0.1) is 5.82 Å². The van der Waals surface area contributed by atoms with Crippen LogP contribution in [0.25, 0.3) is 0 Å². The molecule has 0 aliphatic heterocycles. The molecule has 0 unspecified atom stereocenters. The van der Waals surface area contributed by atoms with E-state index in [1.54, 1.807) is 0 Å². The van der Waals surface area contributed by atoms with Crippen molar-refractivity contribution in [2.24, 2.45) is 0 Å². The van der Waals surface area contributed by atoms with Crippen molar-refractivity contribution in [2.75, 3.05) is 5.32 Å². The molecule has 1 heterocycles. The SMILES string of the molecule is O=C(Nc1ccc(Cl)c(F)c1)n1ccnc1. The van der Waals surface area contributed by atoms with Crippen molar-refractivity contribution in [3.05, 3.63) is 47.8 Å². The standard InChI is InChI=1S/C10H7ClFN3O/c11-8-2-1-7(5-9(8)12)14-10(16)15-4-3-13-6-15/h1-6H,(H,14,16). The molecule has 16 heavy (non-hydrogen) atoms. The molecule has 0 aliphatic carbocycles. The number of imidazole rings is 1. The predicted octanol–water partition coefficient (Wildman–Crippen LogP) is 2.76. The molecular formula is C10H7ClFN3O. The summed E-state index contributed by atoms with van der Waals surface area (Å²) < 4.78 is 14.3. The molecule has 0 aliphatic rings. The number of anilines is 1. The second kappa shape index (κ2) is 4.32. The molecule has 0 bridgehead atoms. The number of halogens is 2. The van der Waals surface area contributed by atoms with Crippen LogP contribution in [0.5, 0.6) is 0 Å². The Morgan fingerprint density at radius 3 is 2.94 bits per heavy atom. The molecule has 0 spiro atoms. The number of nitrogens with one attached hydrogen (secondary N) is 1. The number of benzene rings is 1. The van der Waals surface area contributed by atoms with Gasteiger partial charge in [0, 0.05) is 18.1 Å². The summed E-state index contributed by atoms with van der Waals surface area (Å²) >= 11 is 5.51. The smallest absolute Gasteiger partial charge is 0.307 e. The number of carbonyl (C=O) groups is 1. The lowest BCUT2D eigenvalue weighted by molar-refractivity contribution is 0.253. The normalized spacial score (nSPS) is 10.1. The molecule has 0 fully saturated rings. The van der Waals surface area contributed by atoms with Crippen LogP contribution in [-0.4, -0.2) is 15.6 Å². The lowest BCUT2D eigenvalue weighted by atomic mass is 10.3. The zero-order chi connectivity index (χ0) is 11.5. The van der Waals surface area contributed by atoms with Gasteiger partial charge in [0.05, 0.1) is 5.02 Å². The summed E-state index contributed by atoms with van der Waals surface area (Å²) in [5.41, 5.74) is 0.334. The molecule has 0 radical (unpaired) electrons. The molecule has 1 aromatic heterocycles. The fourth-order valence-electron chi connectivity index (χ4n) is 1.14. The maximum atomic E-state index is 13.1. The fourth-order valence-corrected chi connectivity index (χ4v) is 1.26. The van der Waals surface area contributed by atoms with Gasteiger partial charge in [-0.05, 0) is 18.2 Å². The van der Waals surface area contributed by atoms with Gasteiger partial charge in [0.2, 0.25) is 0 Å². The van der Waals surface area contributed by atoms with E-state index in [2.05, 4.69) is 10.3 Å². The summed E-state index contributed by atoms with van der Waals surface area (Å²) in [5, 5.41) is 2.51. The van der Waals surface area contributed by atoms with E-state index in [0.29, 0.717) is 5.69 Å². The highest BCUT2D eigenvalue weighted by molar-refractivity contribution is 6.30. The molecule has 0 saturated carbocycles. The Morgan fingerprint density at radius 1 is 1.50 bits per heavy atom. The zero-order valence-corrected chi connectivity index (χ0v) is 8.78. The predicted molar refractivity (Wildman–Crippen MR) is 58.1 cm³/mol. The van der Waals surface area contributed by atoms with Crippen LogP contribution >= 0.6 is 11.6 Å². The summed E-state index contributed by atoms with van der Waals surface area (Å²) in [6.07, 6.45) is 4.31. The van der Waals surface area contributed by atoms with Crippen molar-refractivity contribution in [2.45, 2.75) is 0 Å². The third-order valence-corrected chi connectivity index (χ3v) is 2.22. The molecule has 2 aromatic rings. The van der Waals surface area contributed by atoms with Crippen molar-refractivity contribution in [1.82, 2.24) is 9.55 Å². The minimum atomic E-state index is -0.579. The second-order valence-corrected chi connectivity index (χ2v) is 3.44. The Kier molecular flexibility index (Phi) is 2.87. The summed E-state index contributed by atoms with van der Waals surface area (Å²) in [4.78, 5) is 15.3. The van der Waals surface area contributed by atoms with Gasteiger partial charge in [-0.15, -0.1) is 0 Å². The number of rotatable bonds is 1. The van der Waals surface area contributed by atoms with Crippen LogP contribution in [0.4, 0.5) is 14.9 Å². The van der Waals surface area contributed by atoms with Gasteiger partial charge in [0.25, 0.3) is 0 Å². The van der Waals surface area contributed by atoms with E-state index >= 15 is 0 Å². The van der Waals surface area contributed by atoms with Crippen LogP contribution in [-0.2, 0) is 0 Å². The average Bonchev–Trinajstić information content (AvgIpc) is 2.77. The quantitative estimate of drug-likeness (QED) is 0.832. The van der Waals surface area contributed by atoms with Crippen molar-refractivity contribution in [3.63, 3.8) is 0 Å². The molecule has 4 nitrogen and oxygen atoms in total. The van der Waals surface area contributed by atoms with E-state index in [9.17, 15) is 9.18 Å². The highest BCUT2D eigenvalue weighted by Crippen LogP contribution is 2.18. The number of aromatic nitrogens is 2. The van der Waals surface area contributed by atoms with Gasteiger partial charge in [-0.1, -0.05) is 11.6 Å². The summed E-state index contributed by atoms with van der Waals surface area (Å²) in [6, 6.07) is 3.62. The largest absolute Gasteiger partial charge is 0.331 e. The van der Waals surface area contributed by atoms with Gasteiger partial charge in [0.15, 0.2) is 0 Å². The van der Waals surface area contributed by atoms with E-state index in [4.69, 9.17) is 11.6 Å². The molecule has 1 N–H and O–H groups in total. The number of amides is 1. The third kappa shape index (κ3) is 2.20. The first-order valence-corrected chi connectivity index (χ1v) is 4.79. The van der Waals surface area contributed by atoms with Crippen LogP contribution in [0.15, 0.2) is 36.9 Å². The molecule has 2 rings (SSSR count). The average molecular weight is 240 g/mol. The number of hydrogen-bond donors (Lipinski definition) is 1. The van der Waals surface area contributed by atoms with E-state index in [-0.39, 0.29) is 5.02 Å². The van der Waals surface area contributed by atoms with Gasteiger partial charge in [0.1, 0.15) is 12.1 Å². The van der Waals surface area contributed by atoms with Gasteiger partial charge in [-0.3, -0.25) is 4.57 Å². The lowest BCUT2D eigenvalue weighted by Crippen LogP contribution is -2.17. The lowest BCUT2D eigenvalue weighted by Gasteiger charge is -2.05. The first kappa shape index (κ1) is 10.6. The van der Waals surface area contributed by atoms with Gasteiger partial charge < -0.3 is 5.32 Å². The summed E-state index contributed by atoms with van der Waals surface area (Å²) in [5.74, 6) is -0.579. The molecule has 1 amide bonds. The van der Waals surface area contributed by atoms with Gasteiger partial charge in [-0.2, -0.15) is 0 Å². The fraction of sp³-hybridized carbons (Fsp3) is 0. The molecule has 0 atom stereocenters. The number of hydrogen-bond acceptors (Lipinski definition) is 2. The molecule has 82 valence electrons. The summed E-state index contributed by atoms with van der Waals surface area (Å²) in [7, 11) is 0. The van der Waals surface area contributed by atoms with Crippen LogP contribution in [0.1, 0.15) is 0 Å². The first-order chi connectivity index (χ1) is 7.66. The first-order valence-electron chi connectivity index (χ1n) is 4.41. The van der Waals surface area contributed by atoms with Crippen LogP contribution < -0.4 is 5.32 Å².